The highest BCUT2D eigenvalue weighted by Crippen LogP contribution is 2.35. The smallest absolute Gasteiger partial charge is 0.140 e. The largest absolute Gasteiger partial charge is 0.299 e. The number of allylic oxidation sites excluding steroid dienone is 2. The lowest BCUT2D eigenvalue weighted by Crippen LogP contribution is -1.98. The molecule has 0 bridgehead atoms. The van der Waals surface area contributed by atoms with Gasteiger partial charge in [0.1, 0.15) is 5.78 Å². The van der Waals surface area contributed by atoms with E-state index in [-0.39, 0.29) is 5.92 Å². The number of carbonyl (C=O) groups excluding carboxylic acids is 1. The summed E-state index contributed by atoms with van der Waals surface area (Å²) >= 11 is 0. The van der Waals surface area contributed by atoms with Gasteiger partial charge in [0.05, 0.1) is 5.92 Å². The molecule has 0 heterocycles. The van der Waals surface area contributed by atoms with Crippen molar-refractivity contribution in [2.45, 2.75) is 20.8 Å². The molecule has 1 atom stereocenters. The van der Waals surface area contributed by atoms with Crippen LogP contribution in [0.1, 0.15) is 20.8 Å². The Kier molecular flexibility index (Phi) is 1.43. The highest BCUT2D eigenvalue weighted by molar-refractivity contribution is 5.87. The summed E-state index contributed by atoms with van der Waals surface area (Å²) in [7, 11) is 0. The second kappa shape index (κ2) is 1.98. The molecule has 0 fully saturated rings. The van der Waals surface area contributed by atoms with E-state index in [1.807, 2.05) is 6.08 Å². The second-order valence-corrected chi connectivity index (χ2v) is 2.91. The molecule has 1 unspecified atom stereocenters. The molecule has 1 rings (SSSR count). The molecular weight excluding hydrogens is 112 g/mol. The number of hydrogen-bond donors (Lipinski definition) is 0. The summed E-state index contributed by atoms with van der Waals surface area (Å²) in [6.07, 6.45) is 2.05. The predicted molar refractivity (Wildman–Crippen MR) is 37.1 cm³/mol. The fourth-order valence-corrected chi connectivity index (χ4v) is 1.05. The van der Waals surface area contributed by atoms with E-state index >= 15 is 0 Å². The van der Waals surface area contributed by atoms with Crippen molar-refractivity contribution >= 4 is 5.78 Å². The van der Waals surface area contributed by atoms with E-state index in [0.717, 1.165) is 0 Å². The molecule has 0 aromatic rings. The molecule has 1 aliphatic carbocycles. The molecule has 0 spiro atoms. The van der Waals surface area contributed by atoms with Gasteiger partial charge in [0.25, 0.3) is 0 Å². The molecule has 0 amide bonds. The number of ketones is 1. The summed E-state index contributed by atoms with van der Waals surface area (Å²) in [5.74, 6) is 1.07. The van der Waals surface area contributed by atoms with E-state index in [4.69, 9.17) is 0 Å². The van der Waals surface area contributed by atoms with Crippen LogP contribution in [0.4, 0.5) is 0 Å². The van der Waals surface area contributed by atoms with Crippen molar-refractivity contribution in [3.05, 3.63) is 11.6 Å². The molecule has 1 heteroatoms. The number of hydrogen-bond acceptors (Lipinski definition) is 1. The van der Waals surface area contributed by atoms with Gasteiger partial charge < -0.3 is 0 Å². The lowest BCUT2D eigenvalue weighted by Gasteiger charge is -1.97. The Morgan fingerprint density at radius 3 is 2.33 bits per heavy atom. The Hall–Kier alpha value is -0.590. The molecular formula is C8H12O. The van der Waals surface area contributed by atoms with Gasteiger partial charge in [0, 0.05) is 0 Å². The van der Waals surface area contributed by atoms with Crippen LogP contribution in [-0.2, 0) is 4.79 Å². The molecule has 1 aliphatic rings. The quantitative estimate of drug-likeness (QED) is 0.513. The molecule has 0 saturated carbocycles. The summed E-state index contributed by atoms with van der Waals surface area (Å²) in [5, 5.41) is 0. The highest BCUT2D eigenvalue weighted by Gasteiger charge is 2.30. The highest BCUT2D eigenvalue weighted by atomic mass is 16.1. The average molecular weight is 124 g/mol. The first kappa shape index (κ1) is 6.53. The number of Topliss-reactive ketones (excluding diaryl/α,β-unsaturated/α-hetero) is 1. The van der Waals surface area contributed by atoms with Crippen LogP contribution in [0.5, 0.6) is 0 Å². The van der Waals surface area contributed by atoms with Crippen molar-refractivity contribution in [3.8, 4) is 0 Å². The first-order valence-electron chi connectivity index (χ1n) is 3.35. The molecule has 0 aromatic carbocycles. The van der Waals surface area contributed by atoms with Gasteiger partial charge in [0.15, 0.2) is 0 Å². The normalized spacial score (nSPS) is 24.0. The van der Waals surface area contributed by atoms with Crippen molar-refractivity contribution in [2.24, 2.45) is 11.8 Å². The zero-order valence-corrected chi connectivity index (χ0v) is 6.14. The lowest BCUT2D eigenvalue weighted by molar-refractivity contribution is -0.117. The van der Waals surface area contributed by atoms with Crippen LogP contribution in [0.2, 0.25) is 0 Å². The molecule has 0 aliphatic heterocycles. The fraction of sp³-hybridized carbons (Fsp3) is 0.625. The van der Waals surface area contributed by atoms with Crippen LogP contribution in [-0.4, -0.2) is 5.78 Å². The maximum atomic E-state index is 10.7. The maximum absolute atomic E-state index is 10.7. The van der Waals surface area contributed by atoms with Crippen LogP contribution < -0.4 is 0 Å². The first-order valence-corrected chi connectivity index (χ1v) is 3.35. The third-order valence-electron chi connectivity index (χ3n) is 1.71. The summed E-state index contributed by atoms with van der Waals surface area (Å²) in [6, 6.07) is 0. The van der Waals surface area contributed by atoms with Crippen LogP contribution in [0.3, 0.4) is 0 Å². The zero-order chi connectivity index (χ0) is 7.02. The minimum absolute atomic E-state index is 0.213. The van der Waals surface area contributed by atoms with Crippen LogP contribution in [0.15, 0.2) is 11.6 Å². The van der Waals surface area contributed by atoms with Crippen LogP contribution in [0.25, 0.3) is 0 Å². The molecule has 0 saturated heterocycles. The minimum Gasteiger partial charge on any atom is -0.299 e. The third-order valence-corrected chi connectivity index (χ3v) is 1.71. The molecule has 0 aromatic heterocycles. The van der Waals surface area contributed by atoms with Gasteiger partial charge in [-0.05, 0) is 12.8 Å². The number of carbonyl (C=O) groups is 1. The Morgan fingerprint density at radius 1 is 1.67 bits per heavy atom. The van der Waals surface area contributed by atoms with Crippen molar-refractivity contribution in [2.75, 3.05) is 0 Å². The Balaban J connectivity index is 2.39. The third kappa shape index (κ3) is 1.21. The Morgan fingerprint density at radius 2 is 2.22 bits per heavy atom. The molecule has 0 radical (unpaired) electrons. The summed E-state index contributed by atoms with van der Waals surface area (Å²) < 4.78 is 0. The molecule has 1 nitrogen and oxygen atoms in total. The van der Waals surface area contributed by atoms with Crippen molar-refractivity contribution in [1.82, 2.24) is 0 Å². The number of rotatable bonds is 2. The molecule has 0 N–H and O–H groups in total. The van der Waals surface area contributed by atoms with Gasteiger partial charge in [0.2, 0.25) is 0 Å². The second-order valence-electron chi connectivity index (χ2n) is 2.91. The average Bonchev–Trinajstić information content (AvgIpc) is 2.39. The zero-order valence-electron chi connectivity index (χ0n) is 6.14. The maximum Gasteiger partial charge on any atom is 0.140 e. The summed E-state index contributed by atoms with van der Waals surface area (Å²) in [5.41, 5.74) is 1.32. The van der Waals surface area contributed by atoms with E-state index in [1.165, 1.54) is 5.57 Å². The van der Waals surface area contributed by atoms with Gasteiger partial charge in [-0.15, -0.1) is 0 Å². The van der Waals surface area contributed by atoms with Gasteiger partial charge in [-0.25, -0.2) is 0 Å². The van der Waals surface area contributed by atoms with E-state index in [2.05, 4.69) is 13.8 Å². The monoisotopic (exact) mass is 124 g/mol. The van der Waals surface area contributed by atoms with Crippen LogP contribution in [0, 0.1) is 11.8 Å². The van der Waals surface area contributed by atoms with Gasteiger partial charge in [-0.3, -0.25) is 4.79 Å². The van der Waals surface area contributed by atoms with E-state index in [0.29, 0.717) is 11.7 Å². The first-order chi connectivity index (χ1) is 4.13. The summed E-state index contributed by atoms with van der Waals surface area (Å²) in [4.78, 5) is 10.7. The molecule has 9 heavy (non-hydrogen) atoms. The van der Waals surface area contributed by atoms with Crippen molar-refractivity contribution in [3.63, 3.8) is 0 Å². The predicted octanol–water partition coefficient (Wildman–Crippen LogP) is 1.79. The lowest BCUT2D eigenvalue weighted by atomic mass is 10.1. The van der Waals surface area contributed by atoms with Crippen molar-refractivity contribution < 1.29 is 4.79 Å². The van der Waals surface area contributed by atoms with Gasteiger partial charge >= 0.3 is 0 Å². The topological polar surface area (TPSA) is 17.1 Å². The van der Waals surface area contributed by atoms with E-state index < -0.39 is 0 Å². The van der Waals surface area contributed by atoms with Crippen molar-refractivity contribution in [1.29, 1.82) is 0 Å². The van der Waals surface area contributed by atoms with Gasteiger partial charge in [-0.1, -0.05) is 25.5 Å². The Labute approximate surface area is 55.8 Å². The van der Waals surface area contributed by atoms with E-state index in [1.54, 1.807) is 6.92 Å². The SMILES string of the molecule is CC(=O)C1C=C1C(C)C. The standard InChI is InChI=1S/C8H12O/c1-5(2)7-4-8(7)6(3)9/h4-5,8H,1-3H3. The van der Waals surface area contributed by atoms with E-state index in [9.17, 15) is 4.79 Å². The fourth-order valence-electron chi connectivity index (χ4n) is 1.05. The Bertz CT molecular complexity index is 165. The minimum atomic E-state index is 0.213. The summed E-state index contributed by atoms with van der Waals surface area (Å²) in [6.45, 7) is 5.89. The van der Waals surface area contributed by atoms with Gasteiger partial charge in [-0.2, -0.15) is 0 Å². The van der Waals surface area contributed by atoms with Crippen LogP contribution >= 0.6 is 0 Å². The molecule has 50 valence electrons.